The van der Waals surface area contributed by atoms with E-state index < -0.39 is 0 Å². The fourth-order valence-electron chi connectivity index (χ4n) is 0.892. The van der Waals surface area contributed by atoms with Gasteiger partial charge in [0.05, 0.1) is 0 Å². The van der Waals surface area contributed by atoms with Gasteiger partial charge in [-0.2, -0.15) is 0 Å². The van der Waals surface area contributed by atoms with Crippen molar-refractivity contribution in [1.29, 1.82) is 0 Å². The van der Waals surface area contributed by atoms with E-state index in [0.29, 0.717) is 17.8 Å². The smallest absolute Gasteiger partial charge is 0.186 e. The van der Waals surface area contributed by atoms with Gasteiger partial charge in [-0.25, -0.2) is 0 Å². The molecule has 1 rings (SSSR count). The molecular weight excluding hydrogens is 128 g/mol. The number of aromatic amines is 1. The van der Waals surface area contributed by atoms with Crippen LogP contribution in [-0.2, 0) is 6.42 Å². The number of H-pyrrole nitrogens is 1. The molecule has 0 spiro atoms. The molecule has 0 saturated heterocycles. The first-order valence-corrected chi connectivity index (χ1v) is 3.21. The Kier molecular flexibility index (Phi) is 1.76. The fraction of sp³-hybridized carbons (Fsp3) is 0.286. The fourth-order valence-corrected chi connectivity index (χ4v) is 0.892. The predicted molar refractivity (Wildman–Crippen MR) is 40.9 cm³/mol. The second-order valence-electron chi connectivity index (χ2n) is 2.09. The van der Waals surface area contributed by atoms with E-state index in [1.165, 1.54) is 6.07 Å². The van der Waals surface area contributed by atoms with Crippen molar-refractivity contribution in [3.63, 3.8) is 0 Å². The van der Waals surface area contributed by atoms with E-state index in [4.69, 9.17) is 5.73 Å². The van der Waals surface area contributed by atoms with Crippen LogP contribution in [0, 0.1) is 0 Å². The summed E-state index contributed by atoms with van der Waals surface area (Å²) in [6.45, 7) is 1.90. The maximum absolute atomic E-state index is 11.0. The van der Waals surface area contributed by atoms with E-state index in [1.54, 1.807) is 6.20 Å². The van der Waals surface area contributed by atoms with Gasteiger partial charge in [0.1, 0.15) is 5.82 Å². The summed E-state index contributed by atoms with van der Waals surface area (Å²) in [6.07, 6.45) is 2.23. The van der Waals surface area contributed by atoms with E-state index in [1.807, 2.05) is 6.92 Å². The van der Waals surface area contributed by atoms with Crippen molar-refractivity contribution in [3.05, 3.63) is 28.0 Å². The number of anilines is 1. The Labute approximate surface area is 58.9 Å². The van der Waals surface area contributed by atoms with Crippen LogP contribution in [0.25, 0.3) is 0 Å². The van der Waals surface area contributed by atoms with Crippen molar-refractivity contribution in [2.75, 3.05) is 5.73 Å². The van der Waals surface area contributed by atoms with Crippen molar-refractivity contribution < 1.29 is 0 Å². The van der Waals surface area contributed by atoms with Gasteiger partial charge >= 0.3 is 0 Å². The predicted octanol–water partition coefficient (Wildman–Crippen LogP) is 0.520. The van der Waals surface area contributed by atoms with Gasteiger partial charge in [0, 0.05) is 17.8 Å². The van der Waals surface area contributed by atoms with Crippen LogP contribution in [0.15, 0.2) is 17.1 Å². The van der Waals surface area contributed by atoms with Crippen molar-refractivity contribution in [2.24, 2.45) is 0 Å². The van der Waals surface area contributed by atoms with Gasteiger partial charge in [-0.15, -0.1) is 0 Å². The SMILES string of the molecule is CCc1c(N)[nH]ccc1=O. The quantitative estimate of drug-likeness (QED) is 0.594. The van der Waals surface area contributed by atoms with Crippen molar-refractivity contribution in [3.8, 4) is 0 Å². The topological polar surface area (TPSA) is 58.9 Å². The average molecular weight is 138 g/mol. The Morgan fingerprint density at radius 2 is 2.40 bits per heavy atom. The summed E-state index contributed by atoms with van der Waals surface area (Å²) in [5.41, 5.74) is 6.16. The number of hydrogen-bond donors (Lipinski definition) is 2. The number of nitrogen functional groups attached to an aromatic ring is 1. The molecule has 3 heteroatoms. The summed E-state index contributed by atoms with van der Waals surface area (Å²) < 4.78 is 0. The lowest BCUT2D eigenvalue weighted by molar-refractivity contribution is 1.09. The lowest BCUT2D eigenvalue weighted by Gasteiger charge is -1.98. The number of nitrogens with two attached hydrogens (primary N) is 1. The first-order chi connectivity index (χ1) is 4.75. The zero-order valence-corrected chi connectivity index (χ0v) is 5.85. The Balaban J connectivity index is 3.31. The summed E-state index contributed by atoms with van der Waals surface area (Å²) in [5, 5.41) is 0. The van der Waals surface area contributed by atoms with Gasteiger partial charge in [-0.3, -0.25) is 4.79 Å². The zero-order chi connectivity index (χ0) is 7.56. The first-order valence-electron chi connectivity index (χ1n) is 3.21. The highest BCUT2D eigenvalue weighted by atomic mass is 16.1. The number of pyridine rings is 1. The lowest BCUT2D eigenvalue weighted by atomic mass is 10.2. The van der Waals surface area contributed by atoms with Crippen molar-refractivity contribution in [2.45, 2.75) is 13.3 Å². The summed E-state index contributed by atoms with van der Waals surface area (Å²) in [5.74, 6) is 0.481. The highest BCUT2D eigenvalue weighted by Gasteiger charge is 1.98. The molecule has 0 atom stereocenters. The van der Waals surface area contributed by atoms with Gasteiger partial charge in [0.2, 0.25) is 0 Å². The third-order valence-electron chi connectivity index (χ3n) is 1.45. The van der Waals surface area contributed by atoms with Crippen LogP contribution in [-0.4, -0.2) is 4.98 Å². The van der Waals surface area contributed by atoms with E-state index in [-0.39, 0.29) is 5.43 Å². The molecule has 0 aromatic carbocycles. The summed E-state index contributed by atoms with van der Waals surface area (Å²) >= 11 is 0. The number of nitrogens with one attached hydrogen (secondary N) is 1. The monoisotopic (exact) mass is 138 g/mol. The molecule has 1 aromatic rings. The van der Waals surface area contributed by atoms with Crippen LogP contribution in [0.3, 0.4) is 0 Å². The van der Waals surface area contributed by atoms with Crippen LogP contribution in [0.5, 0.6) is 0 Å². The Morgan fingerprint density at radius 3 is 2.80 bits per heavy atom. The molecule has 0 fully saturated rings. The summed E-state index contributed by atoms with van der Waals surface area (Å²) in [7, 11) is 0. The minimum atomic E-state index is 0.0127. The molecule has 3 N–H and O–H groups in total. The van der Waals surface area contributed by atoms with E-state index in [0.717, 1.165) is 0 Å². The molecule has 0 aliphatic carbocycles. The molecule has 1 heterocycles. The molecule has 0 unspecified atom stereocenters. The van der Waals surface area contributed by atoms with Crippen LogP contribution in [0.4, 0.5) is 5.82 Å². The highest BCUT2D eigenvalue weighted by molar-refractivity contribution is 5.38. The Morgan fingerprint density at radius 1 is 1.70 bits per heavy atom. The van der Waals surface area contributed by atoms with E-state index in [9.17, 15) is 4.79 Å². The van der Waals surface area contributed by atoms with Crippen LogP contribution in [0.1, 0.15) is 12.5 Å². The molecule has 0 bridgehead atoms. The maximum atomic E-state index is 11.0. The minimum Gasteiger partial charge on any atom is -0.385 e. The average Bonchev–Trinajstić information content (AvgIpc) is 1.88. The molecule has 0 aliphatic rings. The van der Waals surface area contributed by atoms with Crippen LogP contribution < -0.4 is 11.2 Å². The molecule has 0 saturated carbocycles. The number of aromatic nitrogens is 1. The van der Waals surface area contributed by atoms with Gasteiger partial charge in [-0.05, 0) is 6.42 Å². The summed E-state index contributed by atoms with van der Waals surface area (Å²) in [6, 6.07) is 1.48. The lowest BCUT2D eigenvalue weighted by Crippen LogP contribution is -2.10. The maximum Gasteiger partial charge on any atom is 0.186 e. The number of rotatable bonds is 1. The molecule has 54 valence electrons. The Hall–Kier alpha value is -1.25. The minimum absolute atomic E-state index is 0.0127. The standard InChI is InChI=1S/C7H10N2O/c1-2-5-6(10)3-4-9-7(5)8/h3-4H,2H2,1H3,(H3,8,9,10). The van der Waals surface area contributed by atoms with Gasteiger partial charge in [0.15, 0.2) is 5.43 Å². The van der Waals surface area contributed by atoms with Gasteiger partial charge in [0.25, 0.3) is 0 Å². The van der Waals surface area contributed by atoms with Crippen LogP contribution in [0.2, 0.25) is 0 Å². The third-order valence-corrected chi connectivity index (χ3v) is 1.45. The summed E-state index contributed by atoms with van der Waals surface area (Å²) in [4.78, 5) is 13.7. The first kappa shape index (κ1) is 6.86. The largest absolute Gasteiger partial charge is 0.385 e. The van der Waals surface area contributed by atoms with E-state index in [2.05, 4.69) is 4.98 Å². The zero-order valence-electron chi connectivity index (χ0n) is 5.85. The second kappa shape index (κ2) is 2.56. The molecule has 0 amide bonds. The number of hydrogen-bond acceptors (Lipinski definition) is 2. The molecule has 1 aromatic heterocycles. The van der Waals surface area contributed by atoms with E-state index >= 15 is 0 Å². The molecule has 0 aliphatic heterocycles. The van der Waals surface area contributed by atoms with Crippen molar-refractivity contribution in [1.82, 2.24) is 4.98 Å². The van der Waals surface area contributed by atoms with Gasteiger partial charge < -0.3 is 10.7 Å². The van der Waals surface area contributed by atoms with Gasteiger partial charge in [-0.1, -0.05) is 6.92 Å². The van der Waals surface area contributed by atoms with Crippen molar-refractivity contribution >= 4 is 5.82 Å². The normalized spacial score (nSPS) is 9.70. The molecule has 3 nitrogen and oxygen atoms in total. The third kappa shape index (κ3) is 1.03. The van der Waals surface area contributed by atoms with Crippen LogP contribution >= 0.6 is 0 Å². The highest BCUT2D eigenvalue weighted by Crippen LogP contribution is 2.00. The molecule has 10 heavy (non-hydrogen) atoms. The Bertz CT molecular complexity index is 277. The second-order valence-corrected chi connectivity index (χ2v) is 2.09. The molecular formula is C7H10N2O. The molecule has 0 radical (unpaired) electrons.